The second-order valence-electron chi connectivity index (χ2n) is 4.27. The minimum absolute atomic E-state index is 0.916. The van der Waals surface area contributed by atoms with E-state index in [2.05, 4.69) is 27.4 Å². The van der Waals surface area contributed by atoms with Crippen molar-refractivity contribution in [3.05, 3.63) is 12.7 Å². The van der Waals surface area contributed by atoms with Crippen LogP contribution in [0.3, 0.4) is 0 Å². The first kappa shape index (κ1) is 12.7. The fourth-order valence-electron chi connectivity index (χ4n) is 2.02. The summed E-state index contributed by atoms with van der Waals surface area (Å²) in [5.74, 6) is 1.85. The third kappa shape index (κ3) is 6.86. The van der Waals surface area contributed by atoms with Crippen LogP contribution >= 0.6 is 0 Å². The lowest BCUT2D eigenvalue weighted by atomic mass is 9.88. The Kier molecular flexibility index (Phi) is 8.18. The molecule has 0 saturated heterocycles. The molecule has 0 rings (SSSR count). The van der Waals surface area contributed by atoms with Gasteiger partial charge >= 0.3 is 0 Å². The molecule has 0 saturated carbocycles. The van der Waals surface area contributed by atoms with Gasteiger partial charge in [0.15, 0.2) is 0 Å². The van der Waals surface area contributed by atoms with Gasteiger partial charge in [-0.3, -0.25) is 0 Å². The molecule has 2 unspecified atom stereocenters. The molecule has 0 aliphatic heterocycles. The average molecular weight is 182 g/mol. The smallest absolute Gasteiger partial charge is 0.0351 e. The van der Waals surface area contributed by atoms with Crippen LogP contribution in [-0.2, 0) is 0 Å². The molecule has 0 radical (unpaired) electrons. The van der Waals surface area contributed by atoms with Crippen molar-refractivity contribution in [2.45, 2.75) is 59.3 Å². The van der Waals surface area contributed by atoms with Crippen LogP contribution in [0.15, 0.2) is 12.7 Å². The monoisotopic (exact) mass is 182 g/mol. The Balaban J connectivity index is 3.61. The Bertz CT molecular complexity index is 115. The van der Waals surface area contributed by atoms with E-state index in [1.54, 1.807) is 0 Å². The summed E-state index contributed by atoms with van der Waals surface area (Å²) in [6.07, 6.45) is 10.1. The quantitative estimate of drug-likeness (QED) is 0.473. The van der Waals surface area contributed by atoms with E-state index in [1.807, 2.05) is 6.08 Å². The van der Waals surface area contributed by atoms with E-state index in [-0.39, 0.29) is 0 Å². The summed E-state index contributed by atoms with van der Waals surface area (Å²) >= 11 is 0. The van der Waals surface area contributed by atoms with Crippen LogP contribution in [0, 0.1) is 11.8 Å². The average Bonchev–Trinajstić information content (AvgIpc) is 2.12. The minimum atomic E-state index is 0.916. The first-order chi connectivity index (χ1) is 6.24. The molecule has 2 atom stereocenters. The highest BCUT2D eigenvalue weighted by molar-refractivity contribution is 4.70. The van der Waals surface area contributed by atoms with Gasteiger partial charge in [0.1, 0.15) is 0 Å². The minimum Gasteiger partial charge on any atom is -0.103 e. The fraction of sp³-hybridized carbons (Fsp3) is 0.846. The van der Waals surface area contributed by atoms with Crippen molar-refractivity contribution in [1.82, 2.24) is 0 Å². The molecule has 0 fully saturated rings. The molecule has 0 aliphatic carbocycles. The maximum atomic E-state index is 3.78. The highest BCUT2D eigenvalue weighted by Gasteiger charge is 2.09. The van der Waals surface area contributed by atoms with Gasteiger partial charge in [0, 0.05) is 0 Å². The van der Waals surface area contributed by atoms with E-state index in [0.29, 0.717) is 0 Å². The Morgan fingerprint density at radius 1 is 1.23 bits per heavy atom. The third-order valence-electron chi connectivity index (χ3n) is 2.87. The predicted molar refractivity (Wildman–Crippen MR) is 61.9 cm³/mol. The molecule has 0 aliphatic rings. The summed E-state index contributed by atoms with van der Waals surface area (Å²) in [6.45, 7) is 10.8. The van der Waals surface area contributed by atoms with E-state index >= 15 is 0 Å². The van der Waals surface area contributed by atoms with Crippen molar-refractivity contribution in [2.24, 2.45) is 11.8 Å². The van der Waals surface area contributed by atoms with Crippen LogP contribution < -0.4 is 0 Å². The highest BCUT2D eigenvalue weighted by Crippen LogP contribution is 2.23. The van der Waals surface area contributed by atoms with E-state index in [0.717, 1.165) is 11.8 Å². The topological polar surface area (TPSA) is 0 Å². The van der Waals surface area contributed by atoms with Gasteiger partial charge in [0.25, 0.3) is 0 Å². The molecule has 0 nitrogen and oxygen atoms in total. The number of rotatable bonds is 8. The van der Waals surface area contributed by atoms with Crippen LogP contribution in [-0.4, -0.2) is 0 Å². The summed E-state index contributed by atoms with van der Waals surface area (Å²) < 4.78 is 0. The fourth-order valence-corrected chi connectivity index (χ4v) is 2.02. The second-order valence-corrected chi connectivity index (χ2v) is 4.27. The summed E-state index contributed by atoms with van der Waals surface area (Å²) in [5, 5.41) is 0. The van der Waals surface area contributed by atoms with Gasteiger partial charge in [-0.2, -0.15) is 0 Å². The Morgan fingerprint density at radius 3 is 2.38 bits per heavy atom. The molecule has 78 valence electrons. The van der Waals surface area contributed by atoms with E-state index < -0.39 is 0 Å². The van der Waals surface area contributed by atoms with Crippen LogP contribution in [0.5, 0.6) is 0 Å². The second kappa shape index (κ2) is 8.34. The zero-order chi connectivity index (χ0) is 10.1. The lowest BCUT2D eigenvalue weighted by Gasteiger charge is -2.18. The molecule has 0 heteroatoms. The molecule has 0 aromatic rings. The number of allylic oxidation sites excluding steroid dienone is 1. The molecular weight excluding hydrogens is 156 g/mol. The maximum Gasteiger partial charge on any atom is -0.0351 e. The molecule has 0 aromatic heterocycles. The van der Waals surface area contributed by atoms with E-state index in [4.69, 9.17) is 0 Å². The highest BCUT2D eigenvalue weighted by atomic mass is 14.2. The van der Waals surface area contributed by atoms with Gasteiger partial charge in [0.2, 0.25) is 0 Å². The van der Waals surface area contributed by atoms with Crippen LogP contribution in [0.1, 0.15) is 59.3 Å². The molecule has 0 N–H and O–H groups in total. The largest absolute Gasteiger partial charge is 0.103 e. The first-order valence-electron chi connectivity index (χ1n) is 5.85. The first-order valence-corrected chi connectivity index (χ1v) is 5.85. The molecule has 0 heterocycles. The van der Waals surface area contributed by atoms with Crippen molar-refractivity contribution in [3.8, 4) is 0 Å². The Hall–Kier alpha value is -0.260. The molecule has 0 aromatic carbocycles. The SMILES string of the molecule is C=CCCC(CC)CC(C)CCC. The van der Waals surface area contributed by atoms with Crippen molar-refractivity contribution in [3.63, 3.8) is 0 Å². The number of hydrogen-bond acceptors (Lipinski definition) is 0. The molecule has 0 amide bonds. The summed E-state index contributed by atoms with van der Waals surface area (Å²) in [6, 6.07) is 0. The molecule has 13 heavy (non-hydrogen) atoms. The summed E-state index contributed by atoms with van der Waals surface area (Å²) in [4.78, 5) is 0. The summed E-state index contributed by atoms with van der Waals surface area (Å²) in [7, 11) is 0. The maximum absolute atomic E-state index is 3.78. The van der Waals surface area contributed by atoms with Crippen molar-refractivity contribution in [2.75, 3.05) is 0 Å². The van der Waals surface area contributed by atoms with Crippen molar-refractivity contribution >= 4 is 0 Å². The van der Waals surface area contributed by atoms with Gasteiger partial charge in [-0.05, 0) is 31.1 Å². The van der Waals surface area contributed by atoms with E-state index in [1.165, 1.54) is 38.5 Å². The Morgan fingerprint density at radius 2 is 1.92 bits per heavy atom. The van der Waals surface area contributed by atoms with Gasteiger partial charge in [-0.1, -0.05) is 46.1 Å². The zero-order valence-corrected chi connectivity index (χ0v) is 9.68. The molecule has 0 bridgehead atoms. The third-order valence-corrected chi connectivity index (χ3v) is 2.87. The predicted octanol–water partition coefficient (Wildman–Crippen LogP) is 4.81. The van der Waals surface area contributed by atoms with Gasteiger partial charge in [-0.25, -0.2) is 0 Å². The van der Waals surface area contributed by atoms with Crippen LogP contribution in [0.2, 0.25) is 0 Å². The van der Waals surface area contributed by atoms with Crippen LogP contribution in [0.25, 0.3) is 0 Å². The standard InChI is InChI=1S/C13H26/c1-5-8-10-13(7-3)11-12(4)9-6-2/h5,12-13H,1,6-11H2,2-4H3. The molecular formula is C13H26. The van der Waals surface area contributed by atoms with Crippen LogP contribution in [0.4, 0.5) is 0 Å². The van der Waals surface area contributed by atoms with Crippen molar-refractivity contribution < 1.29 is 0 Å². The van der Waals surface area contributed by atoms with Crippen molar-refractivity contribution in [1.29, 1.82) is 0 Å². The lowest BCUT2D eigenvalue weighted by molar-refractivity contribution is 0.347. The Labute approximate surface area is 84.4 Å². The van der Waals surface area contributed by atoms with Gasteiger partial charge < -0.3 is 0 Å². The van der Waals surface area contributed by atoms with Gasteiger partial charge in [0.05, 0.1) is 0 Å². The molecule has 0 spiro atoms. The van der Waals surface area contributed by atoms with Gasteiger partial charge in [-0.15, -0.1) is 6.58 Å². The number of hydrogen-bond donors (Lipinski definition) is 0. The summed E-state index contributed by atoms with van der Waals surface area (Å²) in [5.41, 5.74) is 0. The zero-order valence-electron chi connectivity index (χ0n) is 9.68. The normalized spacial score (nSPS) is 15.3. The lowest BCUT2D eigenvalue weighted by Crippen LogP contribution is -2.05. The van der Waals surface area contributed by atoms with E-state index in [9.17, 15) is 0 Å².